The Labute approximate surface area is 97.8 Å². The van der Waals surface area contributed by atoms with Gasteiger partial charge >= 0.3 is 0 Å². The highest BCUT2D eigenvalue weighted by Gasteiger charge is 2.03. The summed E-state index contributed by atoms with van der Waals surface area (Å²) in [6, 6.07) is 8.17. The van der Waals surface area contributed by atoms with Crippen LogP contribution in [-0.4, -0.2) is 13.1 Å². The number of rotatable bonds is 6. The Bertz CT molecular complexity index is 268. The number of benzene rings is 1. The molecule has 1 aromatic rings. The van der Waals surface area contributed by atoms with E-state index in [0.29, 0.717) is 0 Å². The van der Waals surface area contributed by atoms with E-state index in [1.807, 2.05) is 12.1 Å². The highest BCUT2D eigenvalue weighted by Crippen LogP contribution is 2.14. The van der Waals surface area contributed by atoms with Crippen LogP contribution in [0.25, 0.3) is 0 Å². The number of hydrogen-bond acceptors (Lipinski definition) is 1. The van der Waals surface area contributed by atoms with E-state index in [9.17, 15) is 0 Å². The lowest BCUT2D eigenvalue weighted by Gasteiger charge is -2.11. The van der Waals surface area contributed by atoms with E-state index in [1.54, 1.807) is 0 Å². The van der Waals surface area contributed by atoms with Crippen LogP contribution in [0.3, 0.4) is 0 Å². The maximum atomic E-state index is 5.84. The van der Waals surface area contributed by atoms with Gasteiger partial charge in [-0.05, 0) is 49.5 Å². The first-order valence-electron chi connectivity index (χ1n) is 5.67. The molecule has 0 bridgehead atoms. The lowest BCUT2D eigenvalue weighted by atomic mass is 9.98. The smallest absolute Gasteiger partial charge is 0.0406 e. The van der Waals surface area contributed by atoms with Gasteiger partial charge in [0.15, 0.2) is 0 Å². The fourth-order valence-electron chi connectivity index (χ4n) is 1.65. The summed E-state index contributed by atoms with van der Waals surface area (Å²) < 4.78 is 0. The van der Waals surface area contributed by atoms with Gasteiger partial charge < -0.3 is 5.32 Å². The van der Waals surface area contributed by atoms with Crippen molar-refractivity contribution in [1.82, 2.24) is 5.32 Å². The molecule has 1 atom stereocenters. The van der Waals surface area contributed by atoms with Crippen molar-refractivity contribution in [3.63, 3.8) is 0 Å². The van der Waals surface area contributed by atoms with Crippen LogP contribution in [0.5, 0.6) is 0 Å². The van der Waals surface area contributed by atoms with Crippen molar-refractivity contribution in [2.45, 2.75) is 26.7 Å². The lowest BCUT2D eigenvalue weighted by Crippen LogP contribution is -2.17. The first kappa shape index (κ1) is 12.5. The minimum atomic E-state index is 0.727. The Morgan fingerprint density at radius 2 is 1.93 bits per heavy atom. The Balaban J connectivity index is 2.31. The average Bonchev–Trinajstić information content (AvgIpc) is 2.22. The Morgan fingerprint density at radius 1 is 1.27 bits per heavy atom. The van der Waals surface area contributed by atoms with Crippen LogP contribution in [0.4, 0.5) is 0 Å². The summed E-state index contributed by atoms with van der Waals surface area (Å²) in [6.07, 6.45) is 2.37. The summed E-state index contributed by atoms with van der Waals surface area (Å²) >= 11 is 5.84. The molecule has 1 nitrogen and oxygen atoms in total. The average molecular weight is 226 g/mol. The van der Waals surface area contributed by atoms with Crippen molar-refractivity contribution in [3.8, 4) is 0 Å². The van der Waals surface area contributed by atoms with E-state index in [2.05, 4.69) is 31.3 Å². The van der Waals surface area contributed by atoms with Gasteiger partial charge in [0.1, 0.15) is 0 Å². The molecular formula is C13H20ClN. The molecule has 84 valence electrons. The molecular weight excluding hydrogens is 206 g/mol. The van der Waals surface area contributed by atoms with Crippen LogP contribution in [-0.2, 0) is 6.42 Å². The molecule has 0 spiro atoms. The molecule has 0 amide bonds. The first-order valence-corrected chi connectivity index (χ1v) is 6.05. The molecule has 2 heteroatoms. The predicted octanol–water partition coefficient (Wildman–Crippen LogP) is 3.52. The SMILES string of the molecule is CCNCCC(C)Cc1ccc(Cl)cc1. The third-order valence-electron chi connectivity index (χ3n) is 2.56. The highest BCUT2D eigenvalue weighted by atomic mass is 35.5. The van der Waals surface area contributed by atoms with Crippen LogP contribution in [0, 0.1) is 5.92 Å². The van der Waals surface area contributed by atoms with Gasteiger partial charge in [-0.25, -0.2) is 0 Å². The molecule has 1 unspecified atom stereocenters. The van der Waals surface area contributed by atoms with Gasteiger partial charge in [0.05, 0.1) is 0 Å². The van der Waals surface area contributed by atoms with Gasteiger partial charge in [-0.1, -0.05) is 37.6 Å². The normalized spacial score (nSPS) is 12.7. The van der Waals surface area contributed by atoms with Gasteiger partial charge in [-0.15, -0.1) is 0 Å². The fourth-order valence-corrected chi connectivity index (χ4v) is 1.78. The standard InChI is InChI=1S/C13H20ClN/c1-3-15-9-8-11(2)10-12-4-6-13(14)7-5-12/h4-7,11,15H,3,8-10H2,1-2H3. The quantitative estimate of drug-likeness (QED) is 0.731. The molecule has 1 rings (SSSR count). The maximum Gasteiger partial charge on any atom is 0.0406 e. The molecule has 0 aliphatic rings. The number of halogens is 1. The molecule has 0 aromatic heterocycles. The van der Waals surface area contributed by atoms with Crippen molar-refractivity contribution >= 4 is 11.6 Å². The second-order valence-electron chi connectivity index (χ2n) is 4.08. The van der Waals surface area contributed by atoms with Gasteiger partial charge in [-0.2, -0.15) is 0 Å². The maximum absolute atomic E-state index is 5.84. The Morgan fingerprint density at radius 3 is 2.53 bits per heavy atom. The van der Waals surface area contributed by atoms with Crippen molar-refractivity contribution < 1.29 is 0 Å². The van der Waals surface area contributed by atoms with Crippen molar-refractivity contribution in [2.75, 3.05) is 13.1 Å². The highest BCUT2D eigenvalue weighted by molar-refractivity contribution is 6.30. The number of nitrogens with one attached hydrogen (secondary N) is 1. The third-order valence-corrected chi connectivity index (χ3v) is 2.81. The van der Waals surface area contributed by atoms with E-state index in [0.717, 1.165) is 30.5 Å². The van der Waals surface area contributed by atoms with E-state index < -0.39 is 0 Å². The summed E-state index contributed by atoms with van der Waals surface area (Å²) in [5.74, 6) is 0.727. The molecule has 1 N–H and O–H groups in total. The minimum absolute atomic E-state index is 0.727. The molecule has 0 aliphatic carbocycles. The van der Waals surface area contributed by atoms with Gasteiger partial charge in [0, 0.05) is 5.02 Å². The van der Waals surface area contributed by atoms with Crippen molar-refractivity contribution in [3.05, 3.63) is 34.9 Å². The Kier molecular flexibility index (Phi) is 5.74. The first-order chi connectivity index (χ1) is 7.22. The molecule has 0 aliphatic heterocycles. The number of hydrogen-bond donors (Lipinski definition) is 1. The Hall–Kier alpha value is -0.530. The molecule has 0 fully saturated rings. The summed E-state index contributed by atoms with van der Waals surface area (Å²) in [6.45, 7) is 6.62. The monoisotopic (exact) mass is 225 g/mol. The minimum Gasteiger partial charge on any atom is -0.317 e. The summed E-state index contributed by atoms with van der Waals surface area (Å²) in [5, 5.41) is 4.17. The van der Waals surface area contributed by atoms with Gasteiger partial charge in [0.2, 0.25) is 0 Å². The summed E-state index contributed by atoms with van der Waals surface area (Å²) in [4.78, 5) is 0. The third kappa shape index (κ3) is 5.19. The molecule has 0 heterocycles. The predicted molar refractivity (Wildman–Crippen MR) is 67.5 cm³/mol. The zero-order valence-corrected chi connectivity index (χ0v) is 10.3. The lowest BCUT2D eigenvalue weighted by molar-refractivity contribution is 0.504. The molecule has 1 aromatic carbocycles. The summed E-state index contributed by atoms with van der Waals surface area (Å²) in [7, 11) is 0. The molecule has 15 heavy (non-hydrogen) atoms. The van der Waals surface area contributed by atoms with Crippen LogP contribution in [0.2, 0.25) is 5.02 Å². The van der Waals surface area contributed by atoms with Gasteiger partial charge in [-0.3, -0.25) is 0 Å². The fraction of sp³-hybridized carbons (Fsp3) is 0.538. The van der Waals surface area contributed by atoms with E-state index >= 15 is 0 Å². The van der Waals surface area contributed by atoms with Crippen LogP contribution in [0.1, 0.15) is 25.8 Å². The van der Waals surface area contributed by atoms with Crippen LogP contribution in [0.15, 0.2) is 24.3 Å². The van der Waals surface area contributed by atoms with E-state index in [1.165, 1.54) is 12.0 Å². The van der Waals surface area contributed by atoms with Crippen molar-refractivity contribution in [2.24, 2.45) is 5.92 Å². The second-order valence-corrected chi connectivity index (χ2v) is 4.51. The zero-order chi connectivity index (χ0) is 11.1. The summed E-state index contributed by atoms with van der Waals surface area (Å²) in [5.41, 5.74) is 1.38. The topological polar surface area (TPSA) is 12.0 Å². The van der Waals surface area contributed by atoms with Crippen LogP contribution < -0.4 is 5.32 Å². The van der Waals surface area contributed by atoms with Crippen LogP contribution >= 0.6 is 11.6 Å². The largest absolute Gasteiger partial charge is 0.317 e. The van der Waals surface area contributed by atoms with E-state index in [-0.39, 0.29) is 0 Å². The molecule has 0 saturated carbocycles. The van der Waals surface area contributed by atoms with E-state index in [4.69, 9.17) is 11.6 Å². The second kappa shape index (κ2) is 6.86. The molecule has 0 saturated heterocycles. The molecule has 0 radical (unpaired) electrons. The zero-order valence-electron chi connectivity index (χ0n) is 9.59. The van der Waals surface area contributed by atoms with Gasteiger partial charge in [0.25, 0.3) is 0 Å². The van der Waals surface area contributed by atoms with Crippen molar-refractivity contribution in [1.29, 1.82) is 0 Å².